The van der Waals surface area contributed by atoms with Crippen molar-refractivity contribution in [3.05, 3.63) is 35.8 Å². The number of carbonyl (C=O) groups is 1. The van der Waals surface area contributed by atoms with Crippen LogP contribution in [0.4, 0.5) is 13.2 Å². The van der Waals surface area contributed by atoms with Crippen LogP contribution < -0.4 is 0 Å². The van der Waals surface area contributed by atoms with Gasteiger partial charge in [-0.1, -0.05) is 0 Å². The predicted octanol–water partition coefficient (Wildman–Crippen LogP) is 2.55. The van der Waals surface area contributed by atoms with Gasteiger partial charge in [-0.15, -0.1) is 0 Å². The van der Waals surface area contributed by atoms with Crippen molar-refractivity contribution in [1.29, 1.82) is 5.26 Å². The predicted molar refractivity (Wildman–Crippen MR) is 83.5 cm³/mol. The zero-order valence-corrected chi connectivity index (χ0v) is 13.1. The number of nitrogens with zero attached hydrogens (tertiary/aromatic N) is 4. The molecule has 9 heteroatoms. The molecule has 25 heavy (non-hydrogen) atoms. The largest absolute Gasteiger partial charge is 0.406 e. The fraction of sp³-hybridized carbons (Fsp3) is 0.250. The number of benzene rings is 1. The van der Waals surface area contributed by atoms with Crippen molar-refractivity contribution < 1.29 is 18.0 Å². The lowest BCUT2D eigenvalue weighted by atomic mass is 10.1. The van der Waals surface area contributed by atoms with Gasteiger partial charge in [0.15, 0.2) is 0 Å². The minimum absolute atomic E-state index is 0.241. The van der Waals surface area contributed by atoms with Crippen molar-refractivity contribution in [2.24, 2.45) is 0 Å². The molecule has 2 aromatic heterocycles. The van der Waals surface area contributed by atoms with Gasteiger partial charge in [-0.2, -0.15) is 18.4 Å². The molecule has 128 valence electrons. The monoisotopic (exact) mass is 347 g/mol. The quantitative estimate of drug-likeness (QED) is 0.789. The molecular weight excluding hydrogens is 335 g/mol. The maximum Gasteiger partial charge on any atom is 0.406 e. The Morgan fingerprint density at radius 2 is 2.16 bits per heavy atom. The van der Waals surface area contributed by atoms with E-state index >= 15 is 0 Å². The Labute approximate surface area is 139 Å². The lowest BCUT2D eigenvalue weighted by molar-refractivity contribution is -0.158. The van der Waals surface area contributed by atoms with Crippen LogP contribution in [0.25, 0.3) is 21.9 Å². The van der Waals surface area contributed by atoms with Crippen LogP contribution in [0.2, 0.25) is 0 Å². The molecule has 0 saturated heterocycles. The fourth-order valence-electron chi connectivity index (χ4n) is 2.50. The van der Waals surface area contributed by atoms with Gasteiger partial charge < -0.3 is 9.88 Å². The van der Waals surface area contributed by atoms with Gasteiger partial charge in [0, 0.05) is 12.4 Å². The highest BCUT2D eigenvalue weighted by molar-refractivity contribution is 6.02. The average Bonchev–Trinajstić information content (AvgIpc) is 2.95. The minimum Gasteiger partial charge on any atom is -0.340 e. The number of imidazole rings is 1. The molecule has 6 nitrogen and oxygen atoms in total. The van der Waals surface area contributed by atoms with E-state index in [1.165, 1.54) is 6.20 Å². The molecule has 1 amide bonds. The van der Waals surface area contributed by atoms with Crippen LogP contribution in [0.5, 0.6) is 0 Å². The Kier molecular flexibility index (Phi) is 4.04. The minimum atomic E-state index is -4.45. The number of alkyl halides is 3. The van der Waals surface area contributed by atoms with Crippen molar-refractivity contribution in [3.63, 3.8) is 0 Å². The molecular formula is C16H12F3N5O. The number of nitrogens with one attached hydrogen (secondary N) is 1. The molecule has 0 aliphatic heterocycles. The van der Waals surface area contributed by atoms with Crippen molar-refractivity contribution in [1.82, 2.24) is 19.9 Å². The molecule has 0 spiro atoms. The molecule has 0 atom stereocenters. The SMILES string of the molecule is CN(CC(F)(F)F)C(=O)Cc1nc2c(cnc3ccc(C#N)cc32)[nH]1. The van der Waals surface area contributed by atoms with Crippen LogP contribution in [-0.2, 0) is 11.2 Å². The van der Waals surface area contributed by atoms with E-state index in [1.807, 2.05) is 6.07 Å². The van der Waals surface area contributed by atoms with E-state index in [4.69, 9.17) is 5.26 Å². The van der Waals surface area contributed by atoms with Crippen molar-refractivity contribution in [3.8, 4) is 6.07 Å². The Balaban J connectivity index is 1.92. The number of fused-ring (bicyclic) bond motifs is 3. The number of amides is 1. The van der Waals surface area contributed by atoms with E-state index in [0.717, 1.165) is 7.05 Å². The molecule has 1 N–H and O–H groups in total. The number of hydrogen-bond acceptors (Lipinski definition) is 4. The summed E-state index contributed by atoms with van der Waals surface area (Å²) in [6, 6.07) is 6.97. The maximum absolute atomic E-state index is 12.4. The smallest absolute Gasteiger partial charge is 0.340 e. The standard InChI is InChI=1S/C16H12F3N5O/c1-24(8-16(17,18)19)14(25)5-13-22-12-7-21-11-3-2-9(6-20)4-10(11)15(12)23-13/h2-4,7H,5,8H2,1H3,(H,22,23). The third kappa shape index (κ3) is 3.52. The topological polar surface area (TPSA) is 85.7 Å². The molecule has 1 aromatic carbocycles. The van der Waals surface area contributed by atoms with Crippen LogP contribution in [0.15, 0.2) is 24.4 Å². The van der Waals surface area contributed by atoms with Crippen LogP contribution in [0, 0.1) is 11.3 Å². The highest BCUT2D eigenvalue weighted by Gasteiger charge is 2.31. The van der Waals surface area contributed by atoms with E-state index < -0.39 is 18.6 Å². The molecule has 0 saturated carbocycles. The van der Waals surface area contributed by atoms with Gasteiger partial charge in [0.25, 0.3) is 0 Å². The van der Waals surface area contributed by atoms with Gasteiger partial charge in [0.1, 0.15) is 12.4 Å². The summed E-state index contributed by atoms with van der Waals surface area (Å²) in [6.45, 7) is -1.32. The van der Waals surface area contributed by atoms with Crippen molar-refractivity contribution in [2.75, 3.05) is 13.6 Å². The summed E-state index contributed by atoms with van der Waals surface area (Å²) in [7, 11) is 1.09. The molecule has 0 fully saturated rings. The number of pyridine rings is 1. The second-order valence-corrected chi connectivity index (χ2v) is 5.59. The first-order chi connectivity index (χ1) is 11.8. The van der Waals surface area contributed by atoms with E-state index in [2.05, 4.69) is 15.0 Å². The lowest BCUT2D eigenvalue weighted by Crippen LogP contribution is -2.36. The van der Waals surface area contributed by atoms with Gasteiger partial charge in [-0.3, -0.25) is 9.78 Å². The molecule has 0 radical (unpaired) electrons. The van der Waals surface area contributed by atoms with E-state index in [1.54, 1.807) is 18.2 Å². The van der Waals surface area contributed by atoms with Crippen LogP contribution in [0.3, 0.4) is 0 Å². The van der Waals surface area contributed by atoms with Gasteiger partial charge in [0.05, 0.1) is 40.8 Å². The summed E-state index contributed by atoms with van der Waals surface area (Å²) in [6.07, 6.45) is -3.21. The second-order valence-electron chi connectivity index (χ2n) is 5.59. The zero-order valence-electron chi connectivity index (χ0n) is 13.1. The average molecular weight is 347 g/mol. The third-order valence-corrected chi connectivity index (χ3v) is 3.66. The van der Waals surface area contributed by atoms with Crippen molar-refractivity contribution in [2.45, 2.75) is 12.6 Å². The first-order valence-corrected chi connectivity index (χ1v) is 7.25. The summed E-state index contributed by atoms with van der Waals surface area (Å²) in [5.74, 6) is -0.461. The highest BCUT2D eigenvalue weighted by Crippen LogP contribution is 2.23. The van der Waals surface area contributed by atoms with Crippen LogP contribution >= 0.6 is 0 Å². The molecule has 2 heterocycles. The summed E-state index contributed by atoms with van der Waals surface area (Å²) >= 11 is 0. The molecule has 0 aliphatic carbocycles. The van der Waals surface area contributed by atoms with Gasteiger partial charge in [-0.05, 0) is 18.2 Å². The maximum atomic E-state index is 12.4. The Morgan fingerprint density at radius 3 is 2.84 bits per heavy atom. The Morgan fingerprint density at radius 1 is 1.40 bits per heavy atom. The molecule has 0 bridgehead atoms. The normalized spacial score (nSPS) is 11.6. The number of nitriles is 1. The number of hydrogen-bond donors (Lipinski definition) is 1. The molecule has 0 aliphatic rings. The number of H-pyrrole nitrogens is 1. The Bertz CT molecular complexity index is 1000. The Hall–Kier alpha value is -3.15. The zero-order chi connectivity index (χ0) is 18.2. The molecule has 3 rings (SSSR count). The van der Waals surface area contributed by atoms with E-state index in [0.29, 0.717) is 32.4 Å². The molecule has 3 aromatic rings. The number of likely N-dealkylation sites (N-methyl/N-ethyl adjacent to an activating group) is 1. The van der Waals surface area contributed by atoms with E-state index in [-0.39, 0.29) is 12.2 Å². The first kappa shape index (κ1) is 16.7. The third-order valence-electron chi connectivity index (χ3n) is 3.66. The van der Waals surface area contributed by atoms with Crippen LogP contribution in [-0.4, -0.2) is 45.5 Å². The van der Waals surface area contributed by atoms with Crippen molar-refractivity contribution >= 4 is 27.8 Å². The highest BCUT2D eigenvalue weighted by atomic mass is 19.4. The molecule has 0 unspecified atom stereocenters. The van der Waals surface area contributed by atoms with E-state index in [9.17, 15) is 18.0 Å². The second kappa shape index (κ2) is 6.05. The number of aromatic nitrogens is 3. The summed E-state index contributed by atoms with van der Waals surface area (Å²) in [5.41, 5.74) is 2.13. The summed E-state index contributed by atoms with van der Waals surface area (Å²) in [5, 5.41) is 9.64. The van der Waals surface area contributed by atoms with Gasteiger partial charge in [-0.25, -0.2) is 4.98 Å². The first-order valence-electron chi connectivity index (χ1n) is 7.25. The van der Waals surface area contributed by atoms with Gasteiger partial charge in [0.2, 0.25) is 5.91 Å². The number of aromatic amines is 1. The number of rotatable bonds is 3. The lowest BCUT2D eigenvalue weighted by Gasteiger charge is -2.18. The fourth-order valence-corrected chi connectivity index (χ4v) is 2.50. The number of halogens is 3. The van der Waals surface area contributed by atoms with Gasteiger partial charge >= 0.3 is 6.18 Å². The summed E-state index contributed by atoms with van der Waals surface area (Å²) < 4.78 is 37.1. The van der Waals surface area contributed by atoms with Crippen LogP contribution in [0.1, 0.15) is 11.4 Å². The summed E-state index contributed by atoms with van der Waals surface area (Å²) in [4.78, 5) is 24.0. The number of carbonyl (C=O) groups excluding carboxylic acids is 1.